The maximum absolute atomic E-state index is 13.2. The maximum Gasteiger partial charge on any atom is 0.124 e. The summed E-state index contributed by atoms with van der Waals surface area (Å²) < 4.78 is 14.0. The van der Waals surface area contributed by atoms with Crippen LogP contribution in [0.2, 0.25) is 0 Å². The second-order valence-electron chi connectivity index (χ2n) is 5.33. The molecular weight excluding hydrogens is 374 g/mol. The van der Waals surface area contributed by atoms with Crippen LogP contribution in [0.25, 0.3) is 0 Å². The zero-order valence-corrected chi connectivity index (χ0v) is 14.8. The molecule has 0 aliphatic heterocycles. The summed E-state index contributed by atoms with van der Waals surface area (Å²) in [6.45, 7) is 2.05. The molecule has 0 saturated carbocycles. The van der Waals surface area contributed by atoms with Gasteiger partial charge in [0, 0.05) is 21.6 Å². The van der Waals surface area contributed by atoms with Crippen LogP contribution in [0.3, 0.4) is 0 Å². The van der Waals surface area contributed by atoms with E-state index >= 15 is 0 Å². The zero-order chi connectivity index (χ0) is 15.5. The van der Waals surface area contributed by atoms with E-state index in [9.17, 15) is 4.39 Å². The fraction of sp³-hybridized carbons (Fsp3) is 0.294. The predicted molar refractivity (Wildman–Crippen MR) is 92.1 cm³/mol. The summed E-state index contributed by atoms with van der Waals surface area (Å²) >= 11 is 16.0. The fourth-order valence-corrected chi connectivity index (χ4v) is 3.67. The van der Waals surface area contributed by atoms with Gasteiger partial charge in [0.05, 0.1) is 0 Å². The van der Waals surface area contributed by atoms with Crippen molar-refractivity contribution in [3.05, 3.63) is 69.4 Å². The van der Waals surface area contributed by atoms with Crippen LogP contribution in [0.4, 0.5) is 4.39 Å². The average molecular weight is 390 g/mol. The molecule has 2 rings (SSSR count). The molecule has 0 atom stereocenters. The summed E-state index contributed by atoms with van der Waals surface area (Å²) in [7, 11) is 0. The third kappa shape index (κ3) is 3.80. The lowest BCUT2D eigenvalue weighted by atomic mass is 9.78. The van der Waals surface area contributed by atoms with E-state index in [1.54, 1.807) is 6.07 Å². The smallest absolute Gasteiger partial charge is 0.124 e. The molecule has 0 fully saturated rings. The van der Waals surface area contributed by atoms with Crippen LogP contribution in [-0.2, 0) is 11.8 Å². The molecule has 0 amide bonds. The highest BCUT2D eigenvalue weighted by atomic mass is 79.9. The van der Waals surface area contributed by atoms with E-state index in [1.807, 2.05) is 19.1 Å². The standard InChI is InChI=1S/C17H16BrCl2F/c1-12-3-2-4-14(7-12)17(10-19,11-20)9-13-5-6-15(21)8-16(13)18/h2-8H,9-11H2,1H3. The molecule has 0 radical (unpaired) electrons. The van der Waals surface area contributed by atoms with Gasteiger partial charge in [-0.25, -0.2) is 4.39 Å². The molecule has 4 heteroatoms. The average Bonchev–Trinajstić information content (AvgIpc) is 2.47. The summed E-state index contributed by atoms with van der Waals surface area (Å²) in [6, 6.07) is 12.9. The van der Waals surface area contributed by atoms with Crippen LogP contribution in [0.15, 0.2) is 46.9 Å². The highest BCUT2D eigenvalue weighted by molar-refractivity contribution is 9.10. The molecule has 0 unspecified atom stereocenters. The minimum atomic E-state index is -0.366. The molecular formula is C17H16BrCl2F. The number of hydrogen-bond acceptors (Lipinski definition) is 0. The highest BCUT2D eigenvalue weighted by Crippen LogP contribution is 2.34. The molecule has 21 heavy (non-hydrogen) atoms. The fourth-order valence-electron chi connectivity index (χ4n) is 2.39. The van der Waals surface area contributed by atoms with Gasteiger partial charge in [0.15, 0.2) is 0 Å². The maximum atomic E-state index is 13.2. The Bertz CT molecular complexity index is 624. The lowest BCUT2D eigenvalue weighted by Crippen LogP contribution is -2.33. The summed E-state index contributed by atoms with van der Waals surface area (Å²) in [5, 5.41) is 0. The van der Waals surface area contributed by atoms with Gasteiger partial charge < -0.3 is 0 Å². The van der Waals surface area contributed by atoms with Crippen LogP contribution < -0.4 is 0 Å². The molecule has 0 N–H and O–H groups in total. The molecule has 0 spiro atoms. The van der Waals surface area contributed by atoms with E-state index < -0.39 is 0 Å². The first-order chi connectivity index (χ1) is 10.0. The van der Waals surface area contributed by atoms with Gasteiger partial charge in [-0.3, -0.25) is 0 Å². The number of hydrogen-bond donors (Lipinski definition) is 0. The van der Waals surface area contributed by atoms with Crippen molar-refractivity contribution in [2.45, 2.75) is 18.8 Å². The lowest BCUT2D eigenvalue weighted by Gasteiger charge is -2.31. The molecule has 0 bridgehead atoms. The van der Waals surface area contributed by atoms with Gasteiger partial charge in [0.25, 0.3) is 0 Å². The van der Waals surface area contributed by atoms with Gasteiger partial charge in [-0.1, -0.05) is 51.8 Å². The molecule has 0 saturated heterocycles. The van der Waals surface area contributed by atoms with Crippen LogP contribution in [-0.4, -0.2) is 11.8 Å². The van der Waals surface area contributed by atoms with E-state index in [4.69, 9.17) is 23.2 Å². The largest absolute Gasteiger partial charge is 0.207 e. The van der Waals surface area contributed by atoms with Crippen molar-refractivity contribution in [3.63, 3.8) is 0 Å². The first-order valence-electron chi connectivity index (χ1n) is 6.64. The normalized spacial score (nSPS) is 11.7. The van der Waals surface area contributed by atoms with Gasteiger partial charge in [0.2, 0.25) is 0 Å². The van der Waals surface area contributed by atoms with Crippen molar-refractivity contribution >= 4 is 39.1 Å². The van der Waals surface area contributed by atoms with Crippen molar-refractivity contribution in [1.82, 2.24) is 0 Å². The minimum Gasteiger partial charge on any atom is -0.207 e. The van der Waals surface area contributed by atoms with Crippen molar-refractivity contribution in [3.8, 4) is 0 Å². The van der Waals surface area contributed by atoms with Gasteiger partial charge in [0.1, 0.15) is 5.82 Å². The quantitative estimate of drug-likeness (QED) is 0.562. The third-order valence-corrected chi connectivity index (χ3v) is 5.45. The van der Waals surface area contributed by atoms with Crippen molar-refractivity contribution < 1.29 is 4.39 Å². The Hall–Kier alpha value is -0.570. The van der Waals surface area contributed by atoms with E-state index in [0.717, 1.165) is 15.6 Å². The number of benzene rings is 2. The van der Waals surface area contributed by atoms with Crippen molar-refractivity contribution in [2.75, 3.05) is 11.8 Å². The second-order valence-corrected chi connectivity index (χ2v) is 6.72. The van der Waals surface area contributed by atoms with Gasteiger partial charge in [-0.15, -0.1) is 23.2 Å². The second kappa shape index (κ2) is 7.13. The summed E-state index contributed by atoms with van der Waals surface area (Å²) in [4.78, 5) is 0. The Morgan fingerprint density at radius 3 is 2.38 bits per heavy atom. The Labute approximate surface area is 143 Å². The van der Waals surface area contributed by atoms with E-state index in [-0.39, 0.29) is 11.2 Å². The lowest BCUT2D eigenvalue weighted by molar-refractivity contribution is 0.533. The number of rotatable bonds is 5. The van der Waals surface area contributed by atoms with Crippen molar-refractivity contribution in [2.24, 2.45) is 0 Å². The molecule has 0 heterocycles. The Balaban J connectivity index is 2.43. The molecule has 0 aromatic heterocycles. The Morgan fingerprint density at radius 1 is 1.10 bits per heavy atom. The van der Waals surface area contributed by atoms with E-state index in [1.165, 1.54) is 17.7 Å². The Morgan fingerprint density at radius 2 is 1.81 bits per heavy atom. The van der Waals surface area contributed by atoms with Crippen molar-refractivity contribution in [1.29, 1.82) is 0 Å². The van der Waals surface area contributed by atoms with Crippen LogP contribution in [0.1, 0.15) is 16.7 Å². The molecule has 2 aromatic carbocycles. The monoisotopic (exact) mass is 388 g/mol. The SMILES string of the molecule is Cc1cccc(C(CCl)(CCl)Cc2ccc(F)cc2Br)c1. The molecule has 0 aliphatic rings. The van der Waals surface area contributed by atoms with Gasteiger partial charge in [-0.05, 0) is 36.6 Å². The summed E-state index contributed by atoms with van der Waals surface area (Å²) in [6.07, 6.45) is 0.657. The van der Waals surface area contributed by atoms with E-state index in [2.05, 4.69) is 28.1 Å². The summed E-state index contributed by atoms with van der Waals surface area (Å²) in [5.74, 6) is 0.552. The third-order valence-electron chi connectivity index (χ3n) is 3.69. The molecule has 112 valence electrons. The van der Waals surface area contributed by atoms with E-state index in [0.29, 0.717) is 18.2 Å². The first kappa shape index (κ1) is 16.8. The first-order valence-corrected chi connectivity index (χ1v) is 8.50. The molecule has 2 aromatic rings. The number of aryl methyl sites for hydroxylation is 1. The minimum absolute atomic E-state index is 0.261. The Kier molecular flexibility index (Phi) is 5.70. The zero-order valence-electron chi connectivity index (χ0n) is 11.7. The van der Waals surface area contributed by atoms with Crippen LogP contribution in [0, 0.1) is 12.7 Å². The number of alkyl halides is 2. The molecule has 0 nitrogen and oxygen atoms in total. The van der Waals surface area contributed by atoms with Gasteiger partial charge in [-0.2, -0.15) is 0 Å². The topological polar surface area (TPSA) is 0 Å². The van der Waals surface area contributed by atoms with Gasteiger partial charge >= 0.3 is 0 Å². The van der Waals surface area contributed by atoms with Crippen LogP contribution in [0.5, 0.6) is 0 Å². The predicted octanol–water partition coefficient (Wildman–Crippen LogP) is 5.85. The molecule has 0 aliphatic carbocycles. The highest BCUT2D eigenvalue weighted by Gasteiger charge is 2.31. The summed E-state index contributed by atoms with van der Waals surface area (Å²) in [5.41, 5.74) is 2.92. The number of halogens is 4. The van der Waals surface area contributed by atoms with Crippen LogP contribution >= 0.6 is 39.1 Å².